The van der Waals surface area contributed by atoms with E-state index in [1.54, 1.807) is 7.11 Å². The van der Waals surface area contributed by atoms with Gasteiger partial charge in [-0.25, -0.2) is 0 Å². The highest BCUT2D eigenvalue weighted by molar-refractivity contribution is 5.94. The minimum Gasteiger partial charge on any atom is -0.496 e. The fourth-order valence-corrected chi connectivity index (χ4v) is 3.17. The van der Waals surface area contributed by atoms with Gasteiger partial charge in [0.05, 0.1) is 7.11 Å². The van der Waals surface area contributed by atoms with E-state index in [4.69, 9.17) is 4.74 Å². The minimum absolute atomic E-state index is 0.190. The maximum absolute atomic E-state index is 11.6. The molecule has 0 saturated heterocycles. The normalized spacial score (nSPS) is 21.0. The van der Waals surface area contributed by atoms with Crippen LogP contribution in [-0.4, -0.2) is 24.2 Å². The average Bonchev–Trinajstić information content (AvgIpc) is 2.52. The Morgan fingerprint density at radius 3 is 2.71 bits per heavy atom. The zero-order chi connectivity index (χ0) is 15.0. The number of benzene rings is 2. The molecule has 1 aliphatic heterocycles. The molecule has 2 unspecified atom stereocenters. The number of fused-ring (bicyclic) bond motifs is 3. The SMILES string of the molecule is CCC1Cc2c(cc(OC)c3ccccc23)C(C(=O)O)N1. The summed E-state index contributed by atoms with van der Waals surface area (Å²) in [6.07, 6.45) is 1.75. The van der Waals surface area contributed by atoms with Crippen LogP contribution < -0.4 is 10.1 Å². The van der Waals surface area contributed by atoms with Crippen LogP contribution in [0, 0.1) is 0 Å². The second kappa shape index (κ2) is 5.37. The van der Waals surface area contributed by atoms with Crippen molar-refractivity contribution in [3.63, 3.8) is 0 Å². The first-order chi connectivity index (χ1) is 10.2. The Morgan fingerprint density at radius 2 is 2.10 bits per heavy atom. The summed E-state index contributed by atoms with van der Waals surface area (Å²) in [6.45, 7) is 2.08. The highest BCUT2D eigenvalue weighted by Gasteiger charge is 2.32. The minimum atomic E-state index is -0.841. The summed E-state index contributed by atoms with van der Waals surface area (Å²) in [5, 5.41) is 14.9. The summed E-state index contributed by atoms with van der Waals surface area (Å²) >= 11 is 0. The molecule has 0 aliphatic carbocycles. The quantitative estimate of drug-likeness (QED) is 0.910. The molecule has 2 aromatic carbocycles. The Morgan fingerprint density at radius 1 is 1.38 bits per heavy atom. The van der Waals surface area contributed by atoms with E-state index < -0.39 is 12.0 Å². The number of carboxylic acid groups (broad SMARTS) is 1. The molecule has 1 heterocycles. The molecule has 0 spiro atoms. The lowest BCUT2D eigenvalue weighted by molar-refractivity contribution is -0.140. The van der Waals surface area contributed by atoms with Crippen molar-refractivity contribution >= 4 is 16.7 Å². The smallest absolute Gasteiger partial charge is 0.325 e. The molecule has 0 aromatic heterocycles. The van der Waals surface area contributed by atoms with Crippen LogP contribution in [0.2, 0.25) is 0 Å². The molecule has 4 nitrogen and oxygen atoms in total. The van der Waals surface area contributed by atoms with Crippen LogP contribution in [0.5, 0.6) is 5.75 Å². The van der Waals surface area contributed by atoms with Gasteiger partial charge in [-0.05, 0) is 35.4 Å². The molecular weight excluding hydrogens is 266 g/mol. The molecule has 110 valence electrons. The molecule has 0 bridgehead atoms. The summed E-state index contributed by atoms with van der Waals surface area (Å²) in [4.78, 5) is 11.6. The highest BCUT2D eigenvalue weighted by Crippen LogP contribution is 2.37. The Balaban J connectivity index is 2.28. The van der Waals surface area contributed by atoms with Crippen LogP contribution in [0.25, 0.3) is 10.8 Å². The number of rotatable bonds is 3. The molecule has 4 heteroatoms. The van der Waals surface area contributed by atoms with Gasteiger partial charge in [0.2, 0.25) is 0 Å². The summed E-state index contributed by atoms with van der Waals surface area (Å²) < 4.78 is 5.45. The van der Waals surface area contributed by atoms with Crippen LogP contribution >= 0.6 is 0 Å². The van der Waals surface area contributed by atoms with Gasteiger partial charge >= 0.3 is 5.97 Å². The topological polar surface area (TPSA) is 58.6 Å². The molecule has 2 aromatic rings. The second-order valence-electron chi connectivity index (χ2n) is 5.44. The summed E-state index contributed by atoms with van der Waals surface area (Å²) in [7, 11) is 1.62. The molecule has 0 fully saturated rings. The maximum atomic E-state index is 11.6. The first-order valence-corrected chi connectivity index (χ1v) is 7.23. The van der Waals surface area contributed by atoms with E-state index in [9.17, 15) is 9.90 Å². The maximum Gasteiger partial charge on any atom is 0.325 e. The number of hydrogen-bond acceptors (Lipinski definition) is 3. The van der Waals surface area contributed by atoms with Crippen LogP contribution in [0.1, 0.15) is 30.5 Å². The molecule has 1 aliphatic rings. The predicted octanol–water partition coefficient (Wildman–Crippen LogP) is 2.90. The van der Waals surface area contributed by atoms with Crippen molar-refractivity contribution in [1.82, 2.24) is 5.32 Å². The molecule has 0 amide bonds. The first-order valence-electron chi connectivity index (χ1n) is 7.23. The average molecular weight is 285 g/mol. The van der Waals surface area contributed by atoms with E-state index in [1.165, 1.54) is 0 Å². The van der Waals surface area contributed by atoms with E-state index in [0.717, 1.165) is 40.5 Å². The number of methoxy groups -OCH3 is 1. The number of hydrogen-bond donors (Lipinski definition) is 2. The lowest BCUT2D eigenvalue weighted by Gasteiger charge is -2.32. The molecule has 21 heavy (non-hydrogen) atoms. The van der Waals surface area contributed by atoms with E-state index in [-0.39, 0.29) is 6.04 Å². The Labute approximate surface area is 123 Å². The van der Waals surface area contributed by atoms with Crippen molar-refractivity contribution < 1.29 is 14.6 Å². The Bertz CT molecular complexity index is 696. The van der Waals surface area contributed by atoms with Crippen LogP contribution in [0.3, 0.4) is 0 Å². The third kappa shape index (κ3) is 2.25. The zero-order valence-electron chi connectivity index (χ0n) is 12.2. The van der Waals surface area contributed by atoms with Gasteiger partial charge in [0, 0.05) is 11.4 Å². The van der Waals surface area contributed by atoms with Crippen LogP contribution in [0.15, 0.2) is 30.3 Å². The molecule has 3 rings (SSSR count). The van der Waals surface area contributed by atoms with Gasteiger partial charge in [-0.2, -0.15) is 0 Å². The van der Waals surface area contributed by atoms with Gasteiger partial charge in [-0.15, -0.1) is 0 Å². The lowest BCUT2D eigenvalue weighted by atomic mass is 9.85. The summed E-state index contributed by atoms with van der Waals surface area (Å²) in [6, 6.07) is 9.42. The third-order valence-electron chi connectivity index (χ3n) is 4.28. The highest BCUT2D eigenvalue weighted by atomic mass is 16.5. The van der Waals surface area contributed by atoms with Gasteiger partial charge in [0.25, 0.3) is 0 Å². The number of ether oxygens (including phenoxy) is 1. The number of carboxylic acids is 1. The number of nitrogens with one attached hydrogen (secondary N) is 1. The lowest BCUT2D eigenvalue weighted by Crippen LogP contribution is -2.42. The van der Waals surface area contributed by atoms with Crippen molar-refractivity contribution in [2.45, 2.75) is 31.8 Å². The molecule has 2 N–H and O–H groups in total. The van der Waals surface area contributed by atoms with Gasteiger partial charge in [0.15, 0.2) is 0 Å². The summed E-state index contributed by atoms with van der Waals surface area (Å²) in [5.41, 5.74) is 1.95. The predicted molar refractivity (Wildman–Crippen MR) is 81.8 cm³/mol. The fraction of sp³-hybridized carbons (Fsp3) is 0.353. The number of carbonyl (C=O) groups is 1. The second-order valence-corrected chi connectivity index (χ2v) is 5.44. The number of aliphatic carboxylic acids is 1. The van der Waals surface area contributed by atoms with E-state index in [2.05, 4.69) is 12.2 Å². The van der Waals surface area contributed by atoms with E-state index in [0.29, 0.717) is 0 Å². The van der Waals surface area contributed by atoms with Gasteiger partial charge < -0.3 is 9.84 Å². The monoisotopic (exact) mass is 285 g/mol. The van der Waals surface area contributed by atoms with Crippen molar-refractivity contribution in [2.24, 2.45) is 0 Å². The van der Waals surface area contributed by atoms with Crippen molar-refractivity contribution in [2.75, 3.05) is 7.11 Å². The molecular formula is C17H19NO3. The third-order valence-corrected chi connectivity index (χ3v) is 4.28. The van der Waals surface area contributed by atoms with E-state index in [1.807, 2.05) is 30.3 Å². The molecule has 0 radical (unpaired) electrons. The van der Waals surface area contributed by atoms with Crippen LogP contribution in [-0.2, 0) is 11.2 Å². The van der Waals surface area contributed by atoms with Gasteiger partial charge in [-0.3, -0.25) is 10.1 Å². The standard InChI is InChI=1S/C17H19NO3/c1-3-10-8-13-11-6-4-5-7-12(11)15(21-2)9-14(13)16(18-10)17(19)20/h4-7,9-10,16,18H,3,8H2,1-2H3,(H,19,20). The molecule has 2 atom stereocenters. The Hall–Kier alpha value is -2.07. The zero-order valence-corrected chi connectivity index (χ0v) is 12.2. The first kappa shape index (κ1) is 13.9. The van der Waals surface area contributed by atoms with Crippen molar-refractivity contribution in [3.8, 4) is 5.75 Å². The van der Waals surface area contributed by atoms with Gasteiger partial charge in [0.1, 0.15) is 11.8 Å². The van der Waals surface area contributed by atoms with E-state index >= 15 is 0 Å². The molecule has 0 saturated carbocycles. The fourth-order valence-electron chi connectivity index (χ4n) is 3.17. The van der Waals surface area contributed by atoms with Crippen molar-refractivity contribution in [1.29, 1.82) is 0 Å². The van der Waals surface area contributed by atoms with Gasteiger partial charge in [-0.1, -0.05) is 31.2 Å². The Kier molecular flexibility index (Phi) is 3.55. The summed E-state index contributed by atoms with van der Waals surface area (Å²) in [5.74, 6) is -0.112. The van der Waals surface area contributed by atoms with Crippen LogP contribution in [0.4, 0.5) is 0 Å². The largest absolute Gasteiger partial charge is 0.496 e. The van der Waals surface area contributed by atoms with Crippen molar-refractivity contribution in [3.05, 3.63) is 41.5 Å².